The SMILES string of the molecule is CCC(OC)c1noc(C(C(C)C)C(C)N)n1. The summed E-state index contributed by atoms with van der Waals surface area (Å²) in [5, 5.41) is 3.98. The lowest BCUT2D eigenvalue weighted by atomic mass is 9.90. The van der Waals surface area contributed by atoms with Gasteiger partial charge in [0.1, 0.15) is 6.10 Å². The number of nitrogens with two attached hydrogens (primary N) is 1. The lowest BCUT2D eigenvalue weighted by Gasteiger charge is -2.20. The summed E-state index contributed by atoms with van der Waals surface area (Å²) in [7, 11) is 1.65. The van der Waals surface area contributed by atoms with Gasteiger partial charge in [-0.25, -0.2) is 0 Å². The van der Waals surface area contributed by atoms with Crippen LogP contribution >= 0.6 is 0 Å². The second kappa shape index (κ2) is 6.12. The van der Waals surface area contributed by atoms with Gasteiger partial charge in [-0.1, -0.05) is 25.9 Å². The molecule has 0 spiro atoms. The number of hydrogen-bond donors (Lipinski definition) is 1. The lowest BCUT2D eigenvalue weighted by molar-refractivity contribution is 0.0903. The first-order valence-electron chi connectivity index (χ1n) is 6.13. The highest BCUT2D eigenvalue weighted by Gasteiger charge is 2.27. The van der Waals surface area contributed by atoms with Gasteiger partial charge in [-0.3, -0.25) is 0 Å². The predicted molar refractivity (Wildman–Crippen MR) is 65.6 cm³/mol. The molecule has 0 aromatic carbocycles. The molecule has 0 aliphatic carbocycles. The molecule has 1 heterocycles. The molecule has 0 saturated carbocycles. The summed E-state index contributed by atoms with van der Waals surface area (Å²) in [4.78, 5) is 4.41. The van der Waals surface area contributed by atoms with Crippen molar-refractivity contribution in [3.8, 4) is 0 Å². The molecule has 0 fully saturated rings. The molecule has 1 rings (SSSR count). The Labute approximate surface area is 103 Å². The highest BCUT2D eigenvalue weighted by Crippen LogP contribution is 2.27. The first-order chi connectivity index (χ1) is 8.01. The van der Waals surface area contributed by atoms with Crippen molar-refractivity contribution < 1.29 is 9.26 Å². The van der Waals surface area contributed by atoms with Gasteiger partial charge in [0.05, 0.1) is 5.92 Å². The number of methoxy groups -OCH3 is 1. The van der Waals surface area contributed by atoms with Gasteiger partial charge in [-0.15, -0.1) is 0 Å². The Morgan fingerprint density at radius 1 is 1.35 bits per heavy atom. The van der Waals surface area contributed by atoms with Crippen molar-refractivity contribution in [3.05, 3.63) is 11.7 Å². The minimum absolute atomic E-state index is 0.00841. The normalized spacial score (nSPS) is 17.1. The van der Waals surface area contributed by atoms with Crippen molar-refractivity contribution in [2.75, 3.05) is 7.11 Å². The maximum atomic E-state index is 5.96. The number of ether oxygens (including phenoxy) is 1. The average Bonchev–Trinajstić information content (AvgIpc) is 2.68. The number of rotatable bonds is 6. The topological polar surface area (TPSA) is 74.2 Å². The molecule has 0 amide bonds. The van der Waals surface area contributed by atoms with Crippen molar-refractivity contribution in [3.63, 3.8) is 0 Å². The maximum Gasteiger partial charge on any atom is 0.231 e. The first kappa shape index (κ1) is 14.1. The molecule has 5 heteroatoms. The summed E-state index contributed by atoms with van der Waals surface area (Å²) in [5.74, 6) is 1.67. The predicted octanol–water partition coefficient (Wildman–Crippen LogP) is 2.25. The fraction of sp³-hybridized carbons (Fsp3) is 0.833. The van der Waals surface area contributed by atoms with Crippen LogP contribution < -0.4 is 5.73 Å². The molecule has 1 aromatic heterocycles. The Morgan fingerprint density at radius 3 is 2.41 bits per heavy atom. The summed E-state index contributed by atoms with van der Waals surface area (Å²) in [6, 6.07) is -0.00841. The maximum absolute atomic E-state index is 5.96. The monoisotopic (exact) mass is 241 g/mol. The molecule has 0 aliphatic heterocycles. The summed E-state index contributed by atoms with van der Waals surface area (Å²) in [5.41, 5.74) is 5.96. The van der Waals surface area contributed by atoms with Crippen LogP contribution in [0.5, 0.6) is 0 Å². The Kier molecular flexibility index (Phi) is 5.08. The molecule has 0 saturated heterocycles. The minimum atomic E-state index is -0.103. The van der Waals surface area contributed by atoms with Crippen LogP contribution in [0.15, 0.2) is 4.52 Å². The Morgan fingerprint density at radius 2 is 2.00 bits per heavy atom. The number of nitrogens with zero attached hydrogens (tertiary/aromatic N) is 2. The minimum Gasteiger partial charge on any atom is -0.373 e. The van der Waals surface area contributed by atoms with Gasteiger partial charge in [-0.2, -0.15) is 4.98 Å². The van der Waals surface area contributed by atoms with Crippen LogP contribution in [-0.2, 0) is 4.74 Å². The van der Waals surface area contributed by atoms with Crippen LogP contribution in [0.25, 0.3) is 0 Å². The van der Waals surface area contributed by atoms with Gasteiger partial charge in [0, 0.05) is 13.2 Å². The van der Waals surface area contributed by atoms with E-state index in [1.807, 2.05) is 13.8 Å². The van der Waals surface area contributed by atoms with E-state index in [1.54, 1.807) is 7.11 Å². The fourth-order valence-corrected chi connectivity index (χ4v) is 2.09. The van der Waals surface area contributed by atoms with Crippen molar-refractivity contribution in [2.45, 2.75) is 52.2 Å². The van der Waals surface area contributed by atoms with Crippen LogP contribution in [0.3, 0.4) is 0 Å². The molecule has 98 valence electrons. The molecule has 0 aliphatic rings. The number of aromatic nitrogens is 2. The molecule has 2 N–H and O–H groups in total. The van der Waals surface area contributed by atoms with Crippen LogP contribution in [0.1, 0.15) is 57.9 Å². The molecular weight excluding hydrogens is 218 g/mol. The second-order valence-electron chi connectivity index (χ2n) is 4.75. The van der Waals surface area contributed by atoms with E-state index >= 15 is 0 Å². The third-order valence-electron chi connectivity index (χ3n) is 2.97. The van der Waals surface area contributed by atoms with E-state index in [0.29, 0.717) is 17.6 Å². The van der Waals surface area contributed by atoms with Crippen molar-refractivity contribution in [1.29, 1.82) is 0 Å². The molecule has 0 radical (unpaired) electrons. The second-order valence-corrected chi connectivity index (χ2v) is 4.75. The Bertz CT molecular complexity index is 324. The quantitative estimate of drug-likeness (QED) is 0.826. The van der Waals surface area contributed by atoms with Crippen molar-refractivity contribution >= 4 is 0 Å². The van der Waals surface area contributed by atoms with E-state index in [9.17, 15) is 0 Å². The van der Waals surface area contributed by atoms with Crippen molar-refractivity contribution in [2.24, 2.45) is 11.7 Å². The molecule has 5 nitrogen and oxygen atoms in total. The van der Waals surface area contributed by atoms with Gasteiger partial charge >= 0.3 is 0 Å². The molecule has 0 bridgehead atoms. The summed E-state index contributed by atoms with van der Waals surface area (Å²) < 4.78 is 10.6. The van der Waals surface area contributed by atoms with Crippen LogP contribution in [-0.4, -0.2) is 23.3 Å². The molecule has 17 heavy (non-hydrogen) atoms. The highest BCUT2D eigenvalue weighted by atomic mass is 16.5. The summed E-state index contributed by atoms with van der Waals surface area (Å²) in [6.07, 6.45) is 0.716. The zero-order valence-electron chi connectivity index (χ0n) is 11.3. The van der Waals surface area contributed by atoms with E-state index < -0.39 is 0 Å². The van der Waals surface area contributed by atoms with Gasteiger partial charge < -0.3 is 15.0 Å². The molecular formula is C12H23N3O2. The van der Waals surface area contributed by atoms with Gasteiger partial charge in [0.15, 0.2) is 0 Å². The Hall–Kier alpha value is -0.940. The number of hydrogen-bond acceptors (Lipinski definition) is 5. The van der Waals surface area contributed by atoms with Crippen LogP contribution in [0, 0.1) is 5.92 Å². The van der Waals surface area contributed by atoms with E-state index in [2.05, 4.69) is 24.0 Å². The highest BCUT2D eigenvalue weighted by molar-refractivity contribution is 5.00. The zero-order chi connectivity index (χ0) is 13.0. The zero-order valence-corrected chi connectivity index (χ0v) is 11.3. The Balaban J connectivity index is 2.92. The lowest BCUT2D eigenvalue weighted by Crippen LogP contribution is -2.28. The smallest absolute Gasteiger partial charge is 0.231 e. The van der Waals surface area contributed by atoms with Gasteiger partial charge in [0.25, 0.3) is 0 Å². The van der Waals surface area contributed by atoms with Gasteiger partial charge in [-0.05, 0) is 19.3 Å². The molecule has 3 atom stereocenters. The van der Waals surface area contributed by atoms with E-state index in [-0.39, 0.29) is 18.1 Å². The molecule has 3 unspecified atom stereocenters. The van der Waals surface area contributed by atoms with Crippen LogP contribution in [0.2, 0.25) is 0 Å². The summed E-state index contributed by atoms with van der Waals surface area (Å²) in [6.45, 7) is 8.19. The van der Waals surface area contributed by atoms with Crippen LogP contribution in [0.4, 0.5) is 0 Å². The van der Waals surface area contributed by atoms with Gasteiger partial charge in [0.2, 0.25) is 11.7 Å². The standard InChI is InChI=1S/C12H23N3O2/c1-6-9(16-5)11-14-12(17-15-11)10(7(2)3)8(4)13/h7-10H,6,13H2,1-5H3. The molecule has 1 aromatic rings. The van der Waals surface area contributed by atoms with E-state index in [4.69, 9.17) is 15.0 Å². The van der Waals surface area contributed by atoms with E-state index in [1.165, 1.54) is 0 Å². The largest absolute Gasteiger partial charge is 0.373 e. The van der Waals surface area contributed by atoms with E-state index in [0.717, 1.165) is 6.42 Å². The summed E-state index contributed by atoms with van der Waals surface area (Å²) >= 11 is 0. The third-order valence-corrected chi connectivity index (χ3v) is 2.97. The first-order valence-corrected chi connectivity index (χ1v) is 6.13. The fourth-order valence-electron chi connectivity index (χ4n) is 2.09. The average molecular weight is 241 g/mol. The third kappa shape index (κ3) is 3.26. The van der Waals surface area contributed by atoms with Crippen molar-refractivity contribution in [1.82, 2.24) is 10.1 Å².